The van der Waals surface area contributed by atoms with Crippen LogP contribution in [0.2, 0.25) is 0 Å². The first-order valence-electron chi connectivity index (χ1n) is 11.6. The summed E-state index contributed by atoms with van der Waals surface area (Å²) < 4.78 is 66.1. The van der Waals surface area contributed by atoms with Crippen LogP contribution in [0.3, 0.4) is 0 Å². The highest BCUT2D eigenvalue weighted by Gasteiger charge is 2.58. The van der Waals surface area contributed by atoms with E-state index in [4.69, 9.17) is 0 Å². The molecule has 9 nitrogen and oxygen atoms in total. The van der Waals surface area contributed by atoms with Crippen molar-refractivity contribution in [3.63, 3.8) is 0 Å². The number of halogens is 5. The summed E-state index contributed by atoms with van der Waals surface area (Å²) in [6.45, 7) is 4.40. The predicted molar refractivity (Wildman–Crippen MR) is 110 cm³/mol. The maximum atomic E-state index is 12.8. The molecule has 2 aromatic rings. The Balaban J connectivity index is 0.928. The normalized spacial score (nSPS) is 23.4. The Kier molecular flexibility index (Phi) is 4.93. The largest absolute Gasteiger partial charge is 0.453 e. The number of aromatic nitrogens is 5. The second kappa shape index (κ2) is 7.61. The molecular weight excluding hydrogens is 475 g/mol. The highest BCUT2D eigenvalue weighted by Crippen LogP contribution is 2.54. The monoisotopic (exact) mass is 500 g/mol. The summed E-state index contributed by atoms with van der Waals surface area (Å²) in [4.78, 5) is 22.0. The summed E-state index contributed by atoms with van der Waals surface area (Å²) in [5.74, 6) is -1.12. The van der Waals surface area contributed by atoms with Gasteiger partial charge in [0, 0.05) is 62.8 Å². The van der Waals surface area contributed by atoms with Crippen LogP contribution in [0, 0.1) is 10.8 Å². The van der Waals surface area contributed by atoms with Gasteiger partial charge >= 0.3 is 12.2 Å². The zero-order chi connectivity index (χ0) is 24.6. The summed E-state index contributed by atoms with van der Waals surface area (Å²) in [6.07, 6.45) is -2.94. The first-order valence-corrected chi connectivity index (χ1v) is 11.6. The molecule has 2 spiro atoms. The highest BCUT2D eigenvalue weighted by molar-refractivity contribution is 5.77. The molecular formula is C21H25F5N8O. The van der Waals surface area contributed by atoms with E-state index in [1.807, 2.05) is 9.80 Å². The molecule has 0 bridgehead atoms. The third-order valence-electron chi connectivity index (χ3n) is 7.74. The van der Waals surface area contributed by atoms with Crippen molar-refractivity contribution >= 4 is 6.03 Å². The van der Waals surface area contributed by atoms with E-state index >= 15 is 0 Å². The van der Waals surface area contributed by atoms with Gasteiger partial charge in [-0.1, -0.05) is 0 Å². The number of nitrogens with zero attached hydrogens (tertiary/aromatic N) is 8. The zero-order valence-corrected chi connectivity index (χ0v) is 18.8. The van der Waals surface area contributed by atoms with Crippen LogP contribution < -0.4 is 0 Å². The van der Waals surface area contributed by atoms with Crippen molar-refractivity contribution < 1.29 is 26.7 Å². The van der Waals surface area contributed by atoms with Crippen LogP contribution in [0.5, 0.6) is 0 Å². The van der Waals surface area contributed by atoms with Crippen LogP contribution in [-0.2, 0) is 19.3 Å². The second-order valence-electron chi connectivity index (χ2n) is 10.6. The van der Waals surface area contributed by atoms with E-state index in [0.29, 0.717) is 45.6 Å². The van der Waals surface area contributed by atoms with E-state index in [2.05, 4.69) is 20.1 Å². The second-order valence-corrected chi connectivity index (χ2v) is 10.6. The van der Waals surface area contributed by atoms with Gasteiger partial charge in [-0.2, -0.15) is 18.3 Å². The Morgan fingerprint density at radius 3 is 2.31 bits per heavy atom. The minimum absolute atomic E-state index is 0.0123. The van der Waals surface area contributed by atoms with Gasteiger partial charge in [0.25, 0.3) is 12.2 Å². The molecule has 1 aliphatic carbocycles. The maximum Gasteiger partial charge on any atom is 0.453 e. The van der Waals surface area contributed by atoms with E-state index in [9.17, 15) is 26.7 Å². The fraction of sp³-hybridized carbons (Fsp3) is 0.714. The molecule has 35 heavy (non-hydrogen) atoms. The third kappa shape index (κ3) is 3.95. The number of carbonyl (C=O) groups excluding carboxylic acids is 1. The first kappa shape index (κ1) is 22.7. The van der Waals surface area contributed by atoms with Crippen LogP contribution in [0.15, 0.2) is 18.6 Å². The quantitative estimate of drug-likeness (QED) is 0.590. The lowest BCUT2D eigenvalue weighted by atomic mass is 9.60. The molecule has 0 unspecified atom stereocenters. The van der Waals surface area contributed by atoms with Gasteiger partial charge in [-0.3, -0.25) is 9.58 Å². The van der Waals surface area contributed by atoms with Gasteiger partial charge in [-0.15, -0.1) is 5.10 Å². The van der Waals surface area contributed by atoms with Crippen molar-refractivity contribution in [1.82, 2.24) is 39.2 Å². The van der Waals surface area contributed by atoms with Gasteiger partial charge in [-0.25, -0.2) is 23.2 Å². The number of amides is 2. The summed E-state index contributed by atoms with van der Waals surface area (Å²) in [5, 5.41) is 7.52. The van der Waals surface area contributed by atoms with Crippen molar-refractivity contribution in [3.05, 3.63) is 30.1 Å². The Morgan fingerprint density at radius 1 is 1.06 bits per heavy atom. The van der Waals surface area contributed by atoms with Crippen LogP contribution in [0.4, 0.5) is 26.7 Å². The van der Waals surface area contributed by atoms with Gasteiger partial charge in [0.1, 0.15) is 12.9 Å². The number of alkyl halides is 5. The van der Waals surface area contributed by atoms with Gasteiger partial charge in [-0.05, 0) is 18.9 Å². The topological polar surface area (TPSA) is 75.3 Å². The molecule has 3 saturated heterocycles. The SMILES string of the molecule is O=C(N1CC2(CC(n3cnc(C(F)(F)F)n3)C2)C1)N1CC2(CN(Cc3ccnn3CC(F)F)C2)C1. The Labute approximate surface area is 197 Å². The predicted octanol–water partition coefficient (Wildman–Crippen LogP) is 2.33. The number of likely N-dealkylation sites (tertiary alicyclic amines) is 3. The number of rotatable bonds is 5. The number of urea groups is 1. The molecule has 4 fully saturated rings. The first-order chi connectivity index (χ1) is 16.5. The molecule has 6 rings (SSSR count). The maximum absolute atomic E-state index is 12.8. The third-order valence-corrected chi connectivity index (χ3v) is 7.74. The van der Waals surface area contributed by atoms with Crippen LogP contribution in [0.25, 0.3) is 0 Å². The number of carbonyl (C=O) groups is 1. The number of hydrogen-bond donors (Lipinski definition) is 0. The van der Waals surface area contributed by atoms with Crippen LogP contribution >= 0.6 is 0 Å². The molecule has 0 atom stereocenters. The molecule has 4 aliphatic rings. The van der Waals surface area contributed by atoms with E-state index in [-0.39, 0.29) is 22.9 Å². The summed E-state index contributed by atoms with van der Waals surface area (Å²) >= 11 is 0. The van der Waals surface area contributed by atoms with Crippen LogP contribution in [0.1, 0.15) is 30.4 Å². The Hall–Kier alpha value is -2.77. The molecule has 190 valence electrons. The van der Waals surface area contributed by atoms with Crippen molar-refractivity contribution in [2.24, 2.45) is 10.8 Å². The Morgan fingerprint density at radius 2 is 1.71 bits per heavy atom. The van der Waals surface area contributed by atoms with E-state index in [1.165, 1.54) is 15.6 Å². The minimum atomic E-state index is -4.55. The average Bonchev–Trinajstić information content (AvgIpc) is 3.29. The summed E-state index contributed by atoms with van der Waals surface area (Å²) in [6, 6.07) is 1.66. The molecule has 2 amide bonds. The average molecular weight is 500 g/mol. The molecule has 5 heterocycles. The van der Waals surface area contributed by atoms with E-state index in [1.54, 1.807) is 6.07 Å². The summed E-state index contributed by atoms with van der Waals surface area (Å²) in [7, 11) is 0. The lowest BCUT2D eigenvalue weighted by Gasteiger charge is -2.63. The smallest absolute Gasteiger partial charge is 0.323 e. The molecule has 3 aliphatic heterocycles. The highest BCUT2D eigenvalue weighted by atomic mass is 19.4. The standard InChI is InChI=1S/C21H25F5N8O/c22-16(23)6-33-14(1-2-28-33)5-30-7-20(8-30)11-32(12-20)18(35)31-9-19(10-31)3-15(4-19)34-13-27-17(29-34)21(24,25)26/h1-2,13,15-16H,3-12H2. The van der Waals surface area contributed by atoms with Crippen molar-refractivity contribution in [1.29, 1.82) is 0 Å². The van der Waals surface area contributed by atoms with E-state index in [0.717, 1.165) is 25.1 Å². The zero-order valence-electron chi connectivity index (χ0n) is 18.8. The fourth-order valence-corrected chi connectivity index (χ4v) is 6.20. The van der Waals surface area contributed by atoms with Crippen LogP contribution in [-0.4, -0.2) is 91.0 Å². The Bertz CT molecular complexity index is 1100. The minimum Gasteiger partial charge on any atom is -0.323 e. The molecule has 14 heteroatoms. The molecule has 0 radical (unpaired) electrons. The molecule has 0 N–H and O–H groups in total. The van der Waals surface area contributed by atoms with Gasteiger partial charge in [0.2, 0.25) is 0 Å². The molecule has 0 aromatic carbocycles. The molecule has 1 saturated carbocycles. The fourth-order valence-electron chi connectivity index (χ4n) is 6.20. The molecule has 2 aromatic heterocycles. The summed E-state index contributed by atoms with van der Waals surface area (Å²) in [5.41, 5.74) is 0.816. The lowest BCUT2D eigenvalue weighted by Crippen LogP contribution is -2.75. The van der Waals surface area contributed by atoms with Crippen molar-refractivity contribution in [2.45, 2.75) is 44.6 Å². The lowest BCUT2D eigenvalue weighted by molar-refractivity contribution is -0.145. The van der Waals surface area contributed by atoms with Gasteiger partial charge in [0.15, 0.2) is 0 Å². The number of hydrogen-bond acceptors (Lipinski definition) is 5. The van der Waals surface area contributed by atoms with Gasteiger partial charge < -0.3 is 9.80 Å². The van der Waals surface area contributed by atoms with E-state index < -0.39 is 25.0 Å². The van der Waals surface area contributed by atoms with Gasteiger partial charge in [0.05, 0.1) is 11.7 Å². The van der Waals surface area contributed by atoms with Crippen molar-refractivity contribution in [3.8, 4) is 0 Å². The van der Waals surface area contributed by atoms with Crippen molar-refractivity contribution in [2.75, 3.05) is 39.3 Å².